The van der Waals surface area contributed by atoms with E-state index in [2.05, 4.69) is 24.9 Å². The molecule has 0 bridgehead atoms. The van der Waals surface area contributed by atoms with Crippen molar-refractivity contribution in [3.8, 4) is 17.2 Å². The summed E-state index contributed by atoms with van der Waals surface area (Å²) in [6.07, 6.45) is 7.19. The lowest BCUT2D eigenvalue weighted by Gasteiger charge is -2.22. The summed E-state index contributed by atoms with van der Waals surface area (Å²) in [5.41, 5.74) is 0.314. The molecule has 2 N–H and O–H groups in total. The molecule has 0 spiro atoms. The van der Waals surface area contributed by atoms with Crippen molar-refractivity contribution < 1.29 is 18.8 Å². The average molecular weight is 505 g/mol. The van der Waals surface area contributed by atoms with Crippen LogP contribution < -0.4 is 9.46 Å². The minimum Gasteiger partial charge on any atom is -0.506 e. The first-order valence-electron chi connectivity index (χ1n) is 10.6. The molecule has 1 aliphatic heterocycles. The van der Waals surface area contributed by atoms with Gasteiger partial charge in [0.25, 0.3) is 0 Å². The van der Waals surface area contributed by atoms with E-state index >= 15 is 0 Å². The number of ether oxygens (including phenoxy) is 2. The fraction of sp³-hybridized carbons (Fsp3) is 0.364. The summed E-state index contributed by atoms with van der Waals surface area (Å²) >= 11 is 5.88. The van der Waals surface area contributed by atoms with Crippen LogP contribution in [0.4, 0.5) is 5.95 Å². The van der Waals surface area contributed by atoms with Gasteiger partial charge in [0.05, 0.1) is 24.0 Å². The molecule has 0 radical (unpaired) electrons. The molecule has 1 aliphatic rings. The number of nitrogens with one attached hydrogen (secondary N) is 1. The molecule has 12 heteroatoms. The average Bonchev–Trinajstić information content (AvgIpc) is 3.26. The van der Waals surface area contributed by atoms with Crippen molar-refractivity contribution in [1.29, 1.82) is 0 Å². The van der Waals surface area contributed by atoms with Gasteiger partial charge < -0.3 is 14.6 Å². The van der Waals surface area contributed by atoms with E-state index in [4.69, 9.17) is 21.1 Å². The maximum Gasteiger partial charge on any atom is 0.241 e. The first-order valence-corrected chi connectivity index (χ1v) is 12.2. The van der Waals surface area contributed by atoms with Crippen LogP contribution in [-0.2, 0) is 15.7 Å². The molecular formula is C22H25ClN6O4S. The highest BCUT2D eigenvalue weighted by molar-refractivity contribution is 7.87. The largest absolute Gasteiger partial charge is 0.506 e. The Balaban J connectivity index is 1.70. The second-order valence-electron chi connectivity index (χ2n) is 7.71. The third-order valence-electron chi connectivity index (χ3n) is 5.54. The molecule has 0 fully saturated rings. The van der Waals surface area contributed by atoms with Gasteiger partial charge in [-0.15, -0.1) is 10.2 Å². The Morgan fingerprint density at radius 1 is 1.29 bits per heavy atom. The third-order valence-corrected chi connectivity index (χ3v) is 7.20. The van der Waals surface area contributed by atoms with E-state index in [-0.39, 0.29) is 17.6 Å². The van der Waals surface area contributed by atoms with Gasteiger partial charge >= 0.3 is 0 Å². The summed E-state index contributed by atoms with van der Waals surface area (Å²) in [5.74, 6) is 1.21. The monoisotopic (exact) mass is 504 g/mol. The Morgan fingerprint density at radius 3 is 2.74 bits per heavy atom. The molecule has 1 aromatic carbocycles. The predicted octanol–water partition coefficient (Wildman–Crippen LogP) is 3.71. The van der Waals surface area contributed by atoms with Crippen LogP contribution >= 0.6 is 11.6 Å². The van der Waals surface area contributed by atoms with Crippen molar-refractivity contribution in [2.75, 3.05) is 18.4 Å². The number of nitrogens with zero attached hydrogens (tertiary/aromatic N) is 5. The van der Waals surface area contributed by atoms with E-state index in [1.165, 1.54) is 25.6 Å². The number of benzene rings is 1. The van der Waals surface area contributed by atoms with E-state index in [1.807, 2.05) is 26.0 Å². The molecule has 0 saturated heterocycles. The maximum atomic E-state index is 13.3. The second-order valence-corrected chi connectivity index (χ2v) is 9.69. The fourth-order valence-corrected chi connectivity index (χ4v) is 4.59. The van der Waals surface area contributed by atoms with E-state index in [0.717, 1.165) is 6.42 Å². The molecule has 4 atom stereocenters. The molecule has 0 amide bonds. The molecule has 4 rings (SSSR count). The van der Waals surface area contributed by atoms with Crippen molar-refractivity contribution in [2.24, 2.45) is 0 Å². The molecule has 34 heavy (non-hydrogen) atoms. The SMILES string of the molecule is COc1cccc(O)c1-n1c(NS(=O)C(C)C(C)c2ncc(Cl)cn2)nnc1C1C=CCCO1. The number of aromatic nitrogens is 5. The molecule has 3 heterocycles. The number of phenolic OH excluding ortho intramolecular Hbond substituents is 1. The van der Waals surface area contributed by atoms with Gasteiger partial charge in [-0.2, -0.15) is 0 Å². The number of phenols is 1. The molecule has 2 aromatic heterocycles. The third kappa shape index (κ3) is 4.91. The van der Waals surface area contributed by atoms with Crippen LogP contribution in [0, 0.1) is 0 Å². The van der Waals surface area contributed by atoms with E-state index in [0.29, 0.717) is 34.7 Å². The van der Waals surface area contributed by atoms with E-state index in [1.54, 1.807) is 16.7 Å². The number of anilines is 1. The highest BCUT2D eigenvalue weighted by atomic mass is 35.5. The van der Waals surface area contributed by atoms with Gasteiger partial charge in [-0.3, -0.25) is 9.29 Å². The lowest BCUT2D eigenvalue weighted by atomic mass is 10.1. The number of rotatable bonds is 8. The minimum absolute atomic E-state index is 0.0509. The Kier molecular flexibility index (Phi) is 7.44. The standard InChI is InChI=1S/C22H25ClN6O4S/c1-13(20-24-11-15(23)12-25-20)14(2)34(31)28-22-27-26-21(18-8-4-5-10-33-18)29(22)19-16(30)7-6-9-17(19)32-3/h4,6-9,11-14,18,30H,5,10H2,1-3H3,(H,27,28). The van der Waals surface area contributed by atoms with Crippen LogP contribution in [0.1, 0.15) is 43.9 Å². The first kappa shape index (κ1) is 24.1. The lowest BCUT2D eigenvalue weighted by Crippen LogP contribution is -2.26. The summed E-state index contributed by atoms with van der Waals surface area (Å²) in [6.45, 7) is 4.23. The van der Waals surface area contributed by atoms with Gasteiger partial charge in [-0.25, -0.2) is 14.2 Å². The highest BCUT2D eigenvalue weighted by Gasteiger charge is 2.29. The zero-order valence-corrected chi connectivity index (χ0v) is 20.5. The Bertz CT molecular complexity index is 1200. The molecule has 0 saturated carbocycles. The van der Waals surface area contributed by atoms with Crippen LogP contribution in [0.25, 0.3) is 5.69 Å². The molecule has 4 unspecified atom stereocenters. The van der Waals surface area contributed by atoms with Gasteiger partial charge in [0.1, 0.15) is 40.1 Å². The quantitative estimate of drug-likeness (QED) is 0.445. The topological polar surface area (TPSA) is 124 Å². The van der Waals surface area contributed by atoms with Crippen molar-refractivity contribution >= 4 is 28.5 Å². The van der Waals surface area contributed by atoms with Crippen LogP contribution in [0.3, 0.4) is 0 Å². The van der Waals surface area contributed by atoms with Crippen molar-refractivity contribution in [3.63, 3.8) is 0 Å². The Morgan fingerprint density at radius 2 is 2.06 bits per heavy atom. The minimum atomic E-state index is -1.61. The second kappa shape index (κ2) is 10.5. The summed E-state index contributed by atoms with van der Waals surface area (Å²) in [6, 6.07) is 4.90. The lowest BCUT2D eigenvalue weighted by molar-refractivity contribution is 0.0730. The fourth-order valence-electron chi connectivity index (χ4n) is 3.50. The smallest absolute Gasteiger partial charge is 0.241 e. The zero-order chi connectivity index (χ0) is 24.2. The number of aromatic hydroxyl groups is 1. The summed E-state index contributed by atoms with van der Waals surface area (Å²) in [4.78, 5) is 8.48. The number of halogens is 1. The number of methoxy groups -OCH3 is 1. The number of para-hydroxylation sites is 1. The normalized spacial score (nSPS) is 18.3. The Labute approximate surface area is 204 Å². The Hall–Kier alpha value is -3.02. The van der Waals surface area contributed by atoms with Crippen molar-refractivity contribution in [3.05, 3.63) is 59.4 Å². The highest BCUT2D eigenvalue weighted by Crippen LogP contribution is 2.37. The number of hydrogen-bond donors (Lipinski definition) is 2. The molecule has 180 valence electrons. The molecule has 10 nitrogen and oxygen atoms in total. The summed E-state index contributed by atoms with van der Waals surface area (Å²) in [7, 11) is -0.110. The zero-order valence-electron chi connectivity index (χ0n) is 18.9. The summed E-state index contributed by atoms with van der Waals surface area (Å²) < 4.78 is 29.1. The van der Waals surface area contributed by atoms with Gasteiger partial charge in [0.2, 0.25) is 5.95 Å². The maximum absolute atomic E-state index is 13.3. The van der Waals surface area contributed by atoms with E-state index in [9.17, 15) is 9.32 Å². The summed E-state index contributed by atoms with van der Waals surface area (Å²) in [5, 5.41) is 19.3. The van der Waals surface area contributed by atoms with Crippen LogP contribution in [0.5, 0.6) is 11.5 Å². The van der Waals surface area contributed by atoms with Gasteiger partial charge in [-0.05, 0) is 25.5 Å². The molecular weight excluding hydrogens is 480 g/mol. The van der Waals surface area contributed by atoms with Crippen LogP contribution in [0.2, 0.25) is 5.02 Å². The van der Waals surface area contributed by atoms with E-state index < -0.39 is 22.3 Å². The first-order chi connectivity index (χ1) is 16.4. The van der Waals surface area contributed by atoms with Crippen molar-refractivity contribution in [1.82, 2.24) is 24.7 Å². The van der Waals surface area contributed by atoms with Gasteiger partial charge in [0.15, 0.2) is 5.82 Å². The van der Waals surface area contributed by atoms with Gasteiger partial charge in [-0.1, -0.05) is 36.7 Å². The van der Waals surface area contributed by atoms with Gasteiger partial charge in [0, 0.05) is 18.3 Å². The molecule has 3 aromatic rings. The predicted molar refractivity (Wildman–Crippen MR) is 129 cm³/mol. The van der Waals surface area contributed by atoms with Crippen LogP contribution in [-0.4, -0.2) is 53.0 Å². The number of hydrogen-bond acceptors (Lipinski definition) is 8. The van der Waals surface area contributed by atoms with Crippen molar-refractivity contribution in [2.45, 2.75) is 37.5 Å². The molecule has 0 aliphatic carbocycles. The van der Waals surface area contributed by atoms with Crippen LogP contribution in [0.15, 0.2) is 42.7 Å².